The molecule has 1 N–H and O–H groups in total. The molecule has 3 rings (SSSR count). The Kier molecular flexibility index (Phi) is 3.87. The smallest absolute Gasteiger partial charge is 0.131 e. The van der Waals surface area contributed by atoms with Crippen LogP contribution < -0.4 is 4.74 Å². The summed E-state index contributed by atoms with van der Waals surface area (Å²) in [6, 6.07) is 10.3. The van der Waals surface area contributed by atoms with Gasteiger partial charge in [-0.3, -0.25) is 0 Å². The van der Waals surface area contributed by atoms with E-state index in [4.69, 9.17) is 4.74 Å². The van der Waals surface area contributed by atoms with Crippen molar-refractivity contribution in [3.05, 3.63) is 47.0 Å². The molecule has 0 unspecified atom stereocenters. The van der Waals surface area contributed by atoms with Gasteiger partial charge in [0.25, 0.3) is 0 Å². The van der Waals surface area contributed by atoms with Crippen molar-refractivity contribution in [2.75, 3.05) is 0 Å². The zero-order chi connectivity index (χ0) is 14.8. The lowest BCUT2D eigenvalue weighted by atomic mass is 9.91. The summed E-state index contributed by atoms with van der Waals surface area (Å²) in [5, 5.41) is 10.6. The predicted molar refractivity (Wildman–Crippen MR) is 85.8 cm³/mol. The van der Waals surface area contributed by atoms with Crippen LogP contribution in [0.1, 0.15) is 42.9 Å². The Labute approximate surface area is 126 Å². The molecule has 2 nitrogen and oxygen atoms in total. The lowest BCUT2D eigenvalue weighted by Gasteiger charge is -2.24. The van der Waals surface area contributed by atoms with Crippen molar-refractivity contribution in [2.45, 2.75) is 46.1 Å². The third-order valence-corrected chi connectivity index (χ3v) is 4.34. The first-order valence-corrected chi connectivity index (χ1v) is 7.79. The molecule has 1 heterocycles. The second kappa shape index (κ2) is 5.80. The molecule has 0 aromatic heterocycles. The number of phenols is 1. The van der Waals surface area contributed by atoms with Gasteiger partial charge in [-0.2, -0.15) is 0 Å². The van der Waals surface area contributed by atoms with E-state index in [1.54, 1.807) is 0 Å². The first-order chi connectivity index (χ1) is 10.2. The average Bonchev–Trinajstić information content (AvgIpc) is 2.51. The number of aromatic hydroxyl groups is 1. The summed E-state index contributed by atoms with van der Waals surface area (Å²) in [5.74, 6) is 1.20. The van der Waals surface area contributed by atoms with Crippen LogP contribution in [0.2, 0.25) is 0 Å². The van der Waals surface area contributed by atoms with Crippen molar-refractivity contribution in [3.63, 3.8) is 0 Å². The molecule has 110 valence electrons. The van der Waals surface area contributed by atoms with Crippen molar-refractivity contribution in [2.24, 2.45) is 0 Å². The quantitative estimate of drug-likeness (QED) is 0.800. The Morgan fingerprint density at radius 1 is 1.19 bits per heavy atom. The minimum atomic E-state index is 0.381. The molecule has 2 heteroatoms. The van der Waals surface area contributed by atoms with Crippen molar-refractivity contribution in [1.29, 1.82) is 0 Å². The van der Waals surface area contributed by atoms with E-state index in [2.05, 4.69) is 25.1 Å². The highest BCUT2D eigenvalue weighted by molar-refractivity contribution is 5.82. The fraction of sp³-hybridized carbons (Fsp3) is 0.368. The van der Waals surface area contributed by atoms with Gasteiger partial charge in [0.15, 0.2) is 0 Å². The van der Waals surface area contributed by atoms with E-state index in [9.17, 15) is 5.11 Å². The fourth-order valence-corrected chi connectivity index (χ4v) is 3.04. The zero-order valence-corrected chi connectivity index (χ0v) is 12.8. The molecule has 0 radical (unpaired) electrons. The maximum Gasteiger partial charge on any atom is 0.131 e. The van der Waals surface area contributed by atoms with E-state index in [1.807, 2.05) is 19.1 Å². The maximum absolute atomic E-state index is 10.6. The highest BCUT2D eigenvalue weighted by Crippen LogP contribution is 2.46. The van der Waals surface area contributed by atoms with Gasteiger partial charge < -0.3 is 9.84 Å². The molecule has 0 saturated heterocycles. The normalized spacial score (nSPS) is 12.5. The Hall–Kier alpha value is -1.96. The van der Waals surface area contributed by atoms with E-state index >= 15 is 0 Å². The summed E-state index contributed by atoms with van der Waals surface area (Å²) in [5.41, 5.74) is 5.29. The monoisotopic (exact) mass is 282 g/mol. The average molecular weight is 282 g/mol. The van der Waals surface area contributed by atoms with Gasteiger partial charge in [-0.05, 0) is 48.1 Å². The molecule has 1 aliphatic heterocycles. The Morgan fingerprint density at radius 2 is 2.00 bits per heavy atom. The molecule has 21 heavy (non-hydrogen) atoms. The van der Waals surface area contributed by atoms with E-state index in [1.165, 1.54) is 18.4 Å². The Morgan fingerprint density at radius 3 is 2.81 bits per heavy atom. The molecular formula is C19H22O2. The van der Waals surface area contributed by atoms with Crippen LogP contribution in [0.4, 0.5) is 0 Å². The third kappa shape index (κ3) is 2.51. The highest BCUT2D eigenvalue weighted by atomic mass is 16.5. The van der Waals surface area contributed by atoms with Gasteiger partial charge in [0.05, 0.1) is 5.56 Å². The maximum atomic E-state index is 10.6. The van der Waals surface area contributed by atoms with Crippen LogP contribution >= 0.6 is 0 Å². The molecule has 0 atom stereocenters. The van der Waals surface area contributed by atoms with Crippen LogP contribution in [-0.2, 0) is 13.0 Å². The molecule has 0 fully saturated rings. The molecule has 0 aliphatic carbocycles. The first-order valence-electron chi connectivity index (χ1n) is 7.79. The molecule has 0 bridgehead atoms. The minimum Gasteiger partial charge on any atom is -0.507 e. The molecule has 2 aromatic carbocycles. The van der Waals surface area contributed by atoms with Gasteiger partial charge in [0.1, 0.15) is 18.1 Å². The lowest BCUT2D eigenvalue weighted by molar-refractivity contribution is 0.299. The second-order valence-corrected chi connectivity index (χ2v) is 5.79. The summed E-state index contributed by atoms with van der Waals surface area (Å²) in [7, 11) is 0. The standard InChI is InChI=1S/C19H22O2/c1-3-4-5-8-14-11-17-18(19(20)13(14)2)16-10-7-6-9-15(16)12-21-17/h6-7,9-11,20H,3-5,8,12H2,1-2H3. The van der Waals surface area contributed by atoms with Crippen molar-refractivity contribution >= 4 is 0 Å². The van der Waals surface area contributed by atoms with E-state index in [-0.39, 0.29) is 0 Å². The third-order valence-electron chi connectivity index (χ3n) is 4.34. The van der Waals surface area contributed by atoms with Crippen molar-refractivity contribution < 1.29 is 9.84 Å². The number of phenolic OH excluding ortho intramolecular Hbond substituents is 1. The SMILES string of the molecule is CCCCCc1cc2c(c(O)c1C)-c1ccccc1CO2. The van der Waals surface area contributed by atoms with Crippen molar-refractivity contribution in [1.82, 2.24) is 0 Å². The van der Waals surface area contributed by atoms with Crippen LogP contribution in [0, 0.1) is 6.92 Å². The first kappa shape index (κ1) is 14.0. The van der Waals surface area contributed by atoms with Gasteiger partial charge in [-0.1, -0.05) is 44.0 Å². The summed E-state index contributed by atoms with van der Waals surface area (Å²) in [4.78, 5) is 0. The lowest BCUT2D eigenvalue weighted by Crippen LogP contribution is -2.07. The number of aryl methyl sites for hydroxylation is 1. The zero-order valence-electron chi connectivity index (χ0n) is 12.8. The van der Waals surface area contributed by atoms with Crippen LogP contribution in [0.25, 0.3) is 11.1 Å². The van der Waals surface area contributed by atoms with Crippen LogP contribution in [0.3, 0.4) is 0 Å². The minimum absolute atomic E-state index is 0.381. The second-order valence-electron chi connectivity index (χ2n) is 5.79. The Balaban J connectivity index is 2.04. The molecule has 2 aromatic rings. The molecular weight excluding hydrogens is 260 g/mol. The fourth-order valence-electron chi connectivity index (χ4n) is 3.04. The summed E-state index contributed by atoms with van der Waals surface area (Å²) < 4.78 is 5.87. The summed E-state index contributed by atoms with van der Waals surface area (Å²) in [6.45, 7) is 4.80. The van der Waals surface area contributed by atoms with Crippen LogP contribution in [-0.4, -0.2) is 5.11 Å². The molecule has 0 amide bonds. The number of hydrogen-bond donors (Lipinski definition) is 1. The number of unbranched alkanes of at least 4 members (excludes halogenated alkanes) is 2. The number of ether oxygens (including phenoxy) is 1. The number of fused-ring (bicyclic) bond motifs is 3. The van der Waals surface area contributed by atoms with E-state index < -0.39 is 0 Å². The van der Waals surface area contributed by atoms with Gasteiger partial charge in [0.2, 0.25) is 0 Å². The van der Waals surface area contributed by atoms with E-state index in [0.29, 0.717) is 12.4 Å². The number of benzene rings is 2. The largest absolute Gasteiger partial charge is 0.507 e. The van der Waals surface area contributed by atoms with Crippen LogP contribution in [0.5, 0.6) is 11.5 Å². The summed E-state index contributed by atoms with van der Waals surface area (Å²) in [6.07, 6.45) is 4.60. The van der Waals surface area contributed by atoms with E-state index in [0.717, 1.165) is 40.8 Å². The molecule has 0 saturated carbocycles. The summed E-state index contributed by atoms with van der Waals surface area (Å²) >= 11 is 0. The van der Waals surface area contributed by atoms with Gasteiger partial charge in [0, 0.05) is 0 Å². The Bertz CT molecular complexity index is 659. The number of hydrogen-bond acceptors (Lipinski definition) is 2. The van der Waals surface area contributed by atoms with Gasteiger partial charge >= 0.3 is 0 Å². The highest BCUT2D eigenvalue weighted by Gasteiger charge is 2.23. The van der Waals surface area contributed by atoms with Crippen molar-refractivity contribution in [3.8, 4) is 22.6 Å². The molecule has 0 spiro atoms. The molecule has 1 aliphatic rings. The predicted octanol–water partition coefficient (Wildman–Crippen LogP) is 4.99. The topological polar surface area (TPSA) is 29.5 Å². The number of rotatable bonds is 4. The van der Waals surface area contributed by atoms with Crippen LogP contribution in [0.15, 0.2) is 30.3 Å². The van der Waals surface area contributed by atoms with Gasteiger partial charge in [-0.15, -0.1) is 0 Å². The van der Waals surface area contributed by atoms with Gasteiger partial charge in [-0.25, -0.2) is 0 Å².